The van der Waals surface area contributed by atoms with E-state index in [0.29, 0.717) is 10.7 Å². The Morgan fingerprint density at radius 2 is 1.91 bits per heavy atom. The SMILES string of the molecule is O=C(COC(=O)c1nc(Cl)ccc1Cl)Nc1cccc(Cl)c1. The Labute approximate surface area is 141 Å². The number of pyridine rings is 1. The predicted octanol–water partition coefficient (Wildman–Crippen LogP) is 3.84. The average Bonchev–Trinajstić information content (AvgIpc) is 2.47. The van der Waals surface area contributed by atoms with Crippen molar-refractivity contribution in [3.05, 3.63) is 57.3 Å². The van der Waals surface area contributed by atoms with Crippen LogP contribution in [0.15, 0.2) is 36.4 Å². The summed E-state index contributed by atoms with van der Waals surface area (Å²) in [5.74, 6) is -1.36. The minimum absolute atomic E-state index is 0.0876. The standard InChI is InChI=1S/C14H9Cl3N2O3/c15-8-2-1-3-9(6-8)18-12(20)7-22-14(21)13-10(16)4-5-11(17)19-13/h1-6H,7H2,(H,18,20). The third-order valence-electron chi connectivity index (χ3n) is 2.45. The Kier molecular flexibility index (Phi) is 5.60. The van der Waals surface area contributed by atoms with Crippen LogP contribution in [0.25, 0.3) is 0 Å². The molecule has 2 aromatic rings. The molecule has 0 spiro atoms. The number of benzene rings is 1. The van der Waals surface area contributed by atoms with Gasteiger partial charge in [0.05, 0.1) is 5.02 Å². The molecule has 0 saturated heterocycles. The third kappa shape index (κ3) is 4.59. The van der Waals surface area contributed by atoms with Crippen molar-refractivity contribution in [3.8, 4) is 0 Å². The molecule has 0 aliphatic carbocycles. The van der Waals surface area contributed by atoms with E-state index < -0.39 is 18.5 Å². The number of aromatic nitrogens is 1. The maximum Gasteiger partial charge on any atom is 0.359 e. The van der Waals surface area contributed by atoms with E-state index in [1.54, 1.807) is 24.3 Å². The quantitative estimate of drug-likeness (QED) is 0.665. The van der Waals surface area contributed by atoms with Gasteiger partial charge in [0.15, 0.2) is 12.3 Å². The molecule has 0 aliphatic heterocycles. The lowest BCUT2D eigenvalue weighted by Gasteiger charge is -2.07. The fourth-order valence-corrected chi connectivity index (χ4v) is 2.04. The summed E-state index contributed by atoms with van der Waals surface area (Å²) in [4.78, 5) is 27.3. The fourth-order valence-electron chi connectivity index (χ4n) is 1.52. The summed E-state index contributed by atoms with van der Waals surface area (Å²) >= 11 is 17.3. The number of carbonyl (C=O) groups is 2. The first-order chi connectivity index (χ1) is 10.5. The number of halogens is 3. The molecule has 0 radical (unpaired) electrons. The van der Waals surface area contributed by atoms with Gasteiger partial charge in [-0.25, -0.2) is 9.78 Å². The van der Waals surface area contributed by atoms with Crippen LogP contribution in [0.5, 0.6) is 0 Å². The number of esters is 1. The average molecular weight is 360 g/mol. The molecule has 22 heavy (non-hydrogen) atoms. The van der Waals surface area contributed by atoms with Crippen LogP contribution in [-0.2, 0) is 9.53 Å². The Hall–Kier alpha value is -1.82. The number of hydrogen-bond donors (Lipinski definition) is 1. The van der Waals surface area contributed by atoms with Crippen LogP contribution in [0, 0.1) is 0 Å². The van der Waals surface area contributed by atoms with Gasteiger partial charge in [0.1, 0.15) is 5.15 Å². The van der Waals surface area contributed by atoms with Gasteiger partial charge < -0.3 is 10.1 Å². The Morgan fingerprint density at radius 1 is 1.14 bits per heavy atom. The van der Waals surface area contributed by atoms with Crippen molar-refractivity contribution in [1.82, 2.24) is 4.98 Å². The number of carbonyl (C=O) groups excluding carboxylic acids is 2. The fraction of sp³-hybridized carbons (Fsp3) is 0.0714. The zero-order valence-electron chi connectivity index (χ0n) is 11.0. The van der Waals surface area contributed by atoms with Gasteiger partial charge in [-0.1, -0.05) is 40.9 Å². The number of anilines is 1. The topological polar surface area (TPSA) is 68.3 Å². The lowest BCUT2D eigenvalue weighted by Crippen LogP contribution is -2.21. The summed E-state index contributed by atoms with van der Waals surface area (Å²) < 4.78 is 4.84. The molecule has 0 saturated carbocycles. The molecule has 1 aromatic carbocycles. The van der Waals surface area contributed by atoms with Gasteiger partial charge in [0.25, 0.3) is 5.91 Å². The largest absolute Gasteiger partial charge is 0.451 e. The monoisotopic (exact) mass is 358 g/mol. The van der Waals surface area contributed by atoms with Crippen LogP contribution in [0.1, 0.15) is 10.5 Å². The molecule has 0 fully saturated rings. The van der Waals surface area contributed by atoms with Crippen LogP contribution in [-0.4, -0.2) is 23.5 Å². The Morgan fingerprint density at radius 3 is 2.64 bits per heavy atom. The van der Waals surface area contributed by atoms with E-state index in [0.717, 1.165) is 0 Å². The summed E-state index contributed by atoms with van der Waals surface area (Å²) in [5.41, 5.74) is 0.345. The van der Waals surface area contributed by atoms with Crippen LogP contribution in [0.4, 0.5) is 5.69 Å². The van der Waals surface area contributed by atoms with Gasteiger partial charge in [-0.15, -0.1) is 0 Å². The van der Waals surface area contributed by atoms with E-state index in [1.807, 2.05) is 0 Å². The van der Waals surface area contributed by atoms with Crippen LogP contribution < -0.4 is 5.32 Å². The normalized spacial score (nSPS) is 10.1. The van der Waals surface area contributed by atoms with Gasteiger partial charge in [-0.2, -0.15) is 0 Å². The van der Waals surface area contributed by atoms with Gasteiger partial charge in [-0.05, 0) is 30.3 Å². The highest BCUT2D eigenvalue weighted by Crippen LogP contribution is 2.18. The smallest absolute Gasteiger partial charge is 0.359 e. The molecule has 0 bridgehead atoms. The molecular weight excluding hydrogens is 351 g/mol. The van der Waals surface area contributed by atoms with Crippen molar-refractivity contribution in [2.75, 3.05) is 11.9 Å². The first-order valence-electron chi connectivity index (χ1n) is 6.00. The molecule has 8 heteroatoms. The number of nitrogens with zero attached hydrogens (tertiary/aromatic N) is 1. The molecule has 0 unspecified atom stereocenters. The molecule has 1 aromatic heterocycles. The summed E-state index contributed by atoms with van der Waals surface area (Å²) in [6.45, 7) is -0.490. The van der Waals surface area contributed by atoms with E-state index in [1.165, 1.54) is 12.1 Å². The van der Waals surface area contributed by atoms with Crippen molar-refractivity contribution in [3.63, 3.8) is 0 Å². The lowest BCUT2D eigenvalue weighted by molar-refractivity contribution is -0.119. The Balaban J connectivity index is 1.93. The molecule has 0 aliphatic rings. The first kappa shape index (κ1) is 16.5. The molecule has 0 atom stereocenters. The van der Waals surface area contributed by atoms with Gasteiger partial charge >= 0.3 is 5.97 Å². The second-order valence-corrected chi connectivity index (χ2v) is 5.33. The van der Waals surface area contributed by atoms with Crippen molar-refractivity contribution in [1.29, 1.82) is 0 Å². The highest BCUT2D eigenvalue weighted by atomic mass is 35.5. The summed E-state index contributed by atoms with van der Waals surface area (Å²) in [6.07, 6.45) is 0. The van der Waals surface area contributed by atoms with E-state index in [4.69, 9.17) is 39.5 Å². The molecule has 1 amide bonds. The summed E-state index contributed by atoms with van der Waals surface area (Å²) in [7, 11) is 0. The van der Waals surface area contributed by atoms with Crippen molar-refractivity contribution < 1.29 is 14.3 Å². The van der Waals surface area contributed by atoms with E-state index in [2.05, 4.69) is 10.3 Å². The highest BCUT2D eigenvalue weighted by Gasteiger charge is 2.16. The van der Waals surface area contributed by atoms with E-state index in [-0.39, 0.29) is 15.9 Å². The molecule has 1 N–H and O–H groups in total. The van der Waals surface area contributed by atoms with Crippen LogP contribution in [0.2, 0.25) is 15.2 Å². The number of nitrogens with one attached hydrogen (secondary N) is 1. The molecule has 1 heterocycles. The second-order valence-electron chi connectivity index (χ2n) is 4.10. The number of amides is 1. The van der Waals surface area contributed by atoms with Crippen molar-refractivity contribution >= 4 is 52.4 Å². The van der Waals surface area contributed by atoms with Crippen molar-refractivity contribution in [2.24, 2.45) is 0 Å². The summed E-state index contributed by atoms with van der Waals surface area (Å²) in [5, 5.41) is 3.20. The van der Waals surface area contributed by atoms with E-state index in [9.17, 15) is 9.59 Å². The number of hydrogen-bond acceptors (Lipinski definition) is 4. The number of ether oxygens (including phenoxy) is 1. The molecule has 2 rings (SSSR count). The van der Waals surface area contributed by atoms with E-state index >= 15 is 0 Å². The Bertz CT molecular complexity index is 722. The maximum atomic E-state index is 11.8. The summed E-state index contributed by atoms with van der Waals surface area (Å²) in [6, 6.07) is 9.42. The predicted molar refractivity (Wildman–Crippen MR) is 84.6 cm³/mol. The lowest BCUT2D eigenvalue weighted by atomic mass is 10.3. The molecule has 5 nitrogen and oxygen atoms in total. The second kappa shape index (κ2) is 7.45. The van der Waals surface area contributed by atoms with Gasteiger partial charge in [0.2, 0.25) is 0 Å². The van der Waals surface area contributed by atoms with Crippen molar-refractivity contribution in [2.45, 2.75) is 0 Å². The number of rotatable bonds is 4. The van der Waals surface area contributed by atoms with Crippen LogP contribution in [0.3, 0.4) is 0 Å². The zero-order valence-corrected chi connectivity index (χ0v) is 13.2. The first-order valence-corrected chi connectivity index (χ1v) is 7.13. The molecule has 114 valence electrons. The zero-order chi connectivity index (χ0) is 16.1. The highest BCUT2D eigenvalue weighted by molar-refractivity contribution is 6.34. The van der Waals surface area contributed by atoms with Crippen LogP contribution >= 0.6 is 34.8 Å². The van der Waals surface area contributed by atoms with Gasteiger partial charge in [0, 0.05) is 10.7 Å². The minimum Gasteiger partial charge on any atom is -0.451 e. The third-order valence-corrected chi connectivity index (χ3v) is 3.20. The molecular formula is C14H9Cl3N2O3. The maximum absolute atomic E-state index is 11.8. The minimum atomic E-state index is -0.839. The van der Waals surface area contributed by atoms with Gasteiger partial charge in [-0.3, -0.25) is 4.79 Å².